The smallest absolute Gasteiger partial charge is 0.330 e. The Kier molecular flexibility index (Phi) is 5.12. The second-order valence-corrected chi connectivity index (χ2v) is 3.31. The fourth-order valence-corrected chi connectivity index (χ4v) is 1.23. The number of hydroxylamine groups is 2. The van der Waals surface area contributed by atoms with E-state index in [0.29, 0.717) is 6.41 Å². The lowest BCUT2D eigenvalue weighted by Crippen LogP contribution is -2.45. The zero-order valence-corrected chi connectivity index (χ0v) is 9.15. The fraction of sp³-hybridized carbons (Fsp3) is 0.273. The van der Waals surface area contributed by atoms with Gasteiger partial charge >= 0.3 is 5.97 Å². The molecule has 17 heavy (non-hydrogen) atoms. The van der Waals surface area contributed by atoms with E-state index in [1.54, 1.807) is 12.1 Å². The number of hydrogen-bond donors (Lipinski definition) is 2. The Morgan fingerprint density at radius 3 is 2.59 bits per heavy atom. The second-order valence-electron chi connectivity index (χ2n) is 3.31. The molecular formula is C11H14N2O4. The van der Waals surface area contributed by atoms with Crippen LogP contribution in [0.3, 0.4) is 0 Å². The number of hydrogen-bond acceptors (Lipinski definition) is 4. The summed E-state index contributed by atoms with van der Waals surface area (Å²) in [7, 11) is 0. The van der Waals surface area contributed by atoms with Crippen LogP contribution in [-0.2, 0) is 21.0 Å². The van der Waals surface area contributed by atoms with Crippen molar-refractivity contribution in [2.75, 3.05) is 6.54 Å². The van der Waals surface area contributed by atoms with Gasteiger partial charge in [0.25, 0.3) is 0 Å². The van der Waals surface area contributed by atoms with Crippen LogP contribution in [0.1, 0.15) is 5.56 Å². The normalized spacial score (nSPS) is 11.8. The number of carboxylic acids is 1. The lowest BCUT2D eigenvalue weighted by atomic mass is 10.2. The standard InChI is InChI=1S/C11H14N2O4/c12-6-10(11(15)16)13(8-14)17-7-9-4-2-1-3-5-9/h1-5,8,10H,6-7,12H2,(H,15,16)/t10-/m0/s1. The van der Waals surface area contributed by atoms with Crippen molar-refractivity contribution in [1.29, 1.82) is 0 Å². The van der Waals surface area contributed by atoms with Crippen molar-refractivity contribution >= 4 is 12.4 Å². The van der Waals surface area contributed by atoms with Crippen molar-refractivity contribution in [2.45, 2.75) is 12.6 Å². The molecule has 0 saturated carbocycles. The largest absolute Gasteiger partial charge is 0.480 e. The first kappa shape index (κ1) is 13.1. The molecule has 0 aromatic heterocycles. The van der Waals surface area contributed by atoms with Crippen LogP contribution in [0.5, 0.6) is 0 Å². The van der Waals surface area contributed by atoms with Gasteiger partial charge < -0.3 is 10.8 Å². The monoisotopic (exact) mass is 238 g/mol. The number of amides is 1. The lowest BCUT2D eigenvalue weighted by Gasteiger charge is -2.22. The van der Waals surface area contributed by atoms with Crippen LogP contribution in [0.25, 0.3) is 0 Å². The van der Waals surface area contributed by atoms with Crippen molar-refractivity contribution in [3.05, 3.63) is 35.9 Å². The van der Waals surface area contributed by atoms with Crippen molar-refractivity contribution in [2.24, 2.45) is 5.73 Å². The first-order valence-electron chi connectivity index (χ1n) is 5.02. The quantitative estimate of drug-likeness (QED) is 0.514. The Bertz CT molecular complexity index is 369. The molecule has 0 heterocycles. The SMILES string of the molecule is NC[C@@H](C(=O)O)N(C=O)OCc1ccccc1. The highest BCUT2D eigenvalue weighted by Crippen LogP contribution is 2.04. The highest BCUT2D eigenvalue weighted by Gasteiger charge is 2.23. The van der Waals surface area contributed by atoms with Crippen molar-refractivity contribution in [3.8, 4) is 0 Å². The maximum absolute atomic E-state index is 10.8. The van der Waals surface area contributed by atoms with E-state index in [4.69, 9.17) is 15.7 Å². The summed E-state index contributed by atoms with van der Waals surface area (Å²) in [6, 6.07) is 7.93. The van der Waals surface area contributed by atoms with Crippen molar-refractivity contribution in [3.63, 3.8) is 0 Å². The summed E-state index contributed by atoms with van der Waals surface area (Å²) in [6.45, 7) is -0.0910. The van der Waals surface area contributed by atoms with Gasteiger partial charge in [0.05, 0.1) is 0 Å². The minimum absolute atomic E-state index is 0.114. The predicted molar refractivity (Wildman–Crippen MR) is 59.6 cm³/mol. The van der Waals surface area contributed by atoms with Gasteiger partial charge in [-0.2, -0.15) is 0 Å². The Morgan fingerprint density at radius 2 is 2.12 bits per heavy atom. The molecule has 0 aliphatic heterocycles. The number of aliphatic carboxylic acids is 1. The van der Waals surface area contributed by atoms with Gasteiger partial charge in [-0.3, -0.25) is 9.63 Å². The summed E-state index contributed by atoms with van der Waals surface area (Å²) < 4.78 is 0. The third kappa shape index (κ3) is 3.86. The molecule has 0 aliphatic carbocycles. The maximum atomic E-state index is 10.8. The molecule has 92 valence electrons. The molecule has 0 bridgehead atoms. The van der Waals surface area contributed by atoms with Crippen LogP contribution >= 0.6 is 0 Å². The average Bonchev–Trinajstić information content (AvgIpc) is 2.35. The number of nitrogens with zero attached hydrogens (tertiary/aromatic N) is 1. The summed E-state index contributed by atoms with van der Waals surface area (Å²) >= 11 is 0. The number of carbonyl (C=O) groups excluding carboxylic acids is 1. The van der Waals surface area contributed by atoms with Crippen molar-refractivity contribution < 1.29 is 19.5 Å². The van der Waals surface area contributed by atoms with Crippen molar-refractivity contribution in [1.82, 2.24) is 5.06 Å². The average molecular weight is 238 g/mol. The fourth-order valence-electron chi connectivity index (χ4n) is 1.23. The topological polar surface area (TPSA) is 92.9 Å². The van der Waals surface area contributed by atoms with Crippen LogP contribution in [0.4, 0.5) is 0 Å². The summed E-state index contributed by atoms with van der Waals surface area (Å²) in [6.07, 6.45) is 0.314. The summed E-state index contributed by atoms with van der Waals surface area (Å²) in [5.41, 5.74) is 6.09. The molecule has 1 amide bonds. The van der Waals surface area contributed by atoms with E-state index in [-0.39, 0.29) is 13.2 Å². The molecule has 0 aliphatic rings. The zero-order valence-electron chi connectivity index (χ0n) is 9.15. The minimum atomic E-state index is -1.20. The van der Waals surface area contributed by atoms with Gasteiger partial charge in [0.15, 0.2) is 6.04 Å². The van der Waals surface area contributed by atoms with Gasteiger partial charge in [0.1, 0.15) is 6.61 Å². The first-order valence-corrected chi connectivity index (χ1v) is 5.02. The van der Waals surface area contributed by atoms with Crippen LogP contribution in [-0.4, -0.2) is 35.1 Å². The molecule has 1 rings (SSSR count). The number of carbonyl (C=O) groups is 2. The van der Waals surface area contributed by atoms with E-state index in [0.717, 1.165) is 10.6 Å². The van der Waals surface area contributed by atoms with Gasteiger partial charge in [-0.1, -0.05) is 30.3 Å². The highest BCUT2D eigenvalue weighted by atomic mass is 16.7. The van der Waals surface area contributed by atoms with Crippen LogP contribution in [0.2, 0.25) is 0 Å². The third-order valence-corrected chi connectivity index (χ3v) is 2.14. The molecule has 0 spiro atoms. The molecule has 1 aromatic carbocycles. The molecule has 6 heteroatoms. The Balaban J connectivity index is 2.58. The van der Waals surface area contributed by atoms with Gasteiger partial charge in [-0.15, -0.1) is 0 Å². The Morgan fingerprint density at radius 1 is 1.47 bits per heavy atom. The lowest BCUT2D eigenvalue weighted by molar-refractivity contribution is -0.199. The van der Waals surface area contributed by atoms with E-state index in [9.17, 15) is 9.59 Å². The van der Waals surface area contributed by atoms with Gasteiger partial charge in [-0.05, 0) is 5.56 Å². The molecule has 3 N–H and O–H groups in total. The zero-order chi connectivity index (χ0) is 12.7. The molecular weight excluding hydrogens is 224 g/mol. The molecule has 1 aromatic rings. The van der Waals surface area contributed by atoms with Crippen LogP contribution < -0.4 is 5.73 Å². The molecule has 0 unspecified atom stereocenters. The summed E-state index contributed by atoms with van der Waals surface area (Å²) in [4.78, 5) is 26.6. The Labute approximate surface area is 98.5 Å². The maximum Gasteiger partial charge on any atom is 0.330 e. The Hall–Kier alpha value is -1.92. The van der Waals surface area contributed by atoms with Crippen LogP contribution in [0.15, 0.2) is 30.3 Å². The number of carboxylic acid groups (broad SMARTS) is 1. The molecule has 0 fully saturated rings. The number of benzene rings is 1. The third-order valence-electron chi connectivity index (χ3n) is 2.14. The predicted octanol–water partition coefficient (Wildman–Crippen LogP) is -0.0115. The van der Waals surface area contributed by atoms with Gasteiger partial charge in [0, 0.05) is 6.54 Å². The molecule has 0 saturated heterocycles. The summed E-state index contributed by atoms with van der Waals surface area (Å²) in [5.74, 6) is -1.20. The first-order chi connectivity index (χ1) is 8.19. The molecule has 6 nitrogen and oxygen atoms in total. The number of rotatable bonds is 7. The van der Waals surface area contributed by atoms with E-state index in [1.165, 1.54) is 0 Å². The second kappa shape index (κ2) is 6.62. The highest BCUT2D eigenvalue weighted by molar-refractivity contribution is 5.76. The number of nitrogens with two attached hydrogens (primary N) is 1. The van der Waals surface area contributed by atoms with Gasteiger partial charge in [0.2, 0.25) is 6.41 Å². The van der Waals surface area contributed by atoms with E-state index < -0.39 is 12.0 Å². The van der Waals surface area contributed by atoms with E-state index >= 15 is 0 Å². The summed E-state index contributed by atoms with van der Waals surface area (Å²) in [5, 5.41) is 9.53. The molecule has 0 radical (unpaired) electrons. The van der Waals surface area contributed by atoms with Gasteiger partial charge in [-0.25, -0.2) is 9.86 Å². The van der Waals surface area contributed by atoms with E-state index in [1.807, 2.05) is 18.2 Å². The van der Waals surface area contributed by atoms with Crippen LogP contribution in [0, 0.1) is 0 Å². The van der Waals surface area contributed by atoms with E-state index in [2.05, 4.69) is 0 Å². The molecule has 1 atom stereocenters. The minimum Gasteiger partial charge on any atom is -0.480 e.